The molecule has 184 valence electrons. The molecule has 0 aliphatic carbocycles. The smallest absolute Gasteiger partial charge is 0.281 e. The van der Waals surface area contributed by atoms with Gasteiger partial charge in [0.05, 0.1) is 34.9 Å². The summed E-state index contributed by atoms with van der Waals surface area (Å²) in [5.41, 5.74) is 5.43. The molecule has 2 heterocycles. The molecule has 1 saturated heterocycles. The number of hydrogen-bond acceptors (Lipinski definition) is 7. The van der Waals surface area contributed by atoms with E-state index in [4.69, 9.17) is 28.3 Å². The molecule has 0 aromatic heterocycles. The highest BCUT2D eigenvalue weighted by atomic mass is 35.5. The van der Waals surface area contributed by atoms with Crippen molar-refractivity contribution in [3.63, 3.8) is 0 Å². The fourth-order valence-corrected chi connectivity index (χ4v) is 5.53. The second-order valence-electron chi connectivity index (χ2n) is 8.18. The summed E-state index contributed by atoms with van der Waals surface area (Å²) >= 11 is 12.5. The Morgan fingerprint density at radius 1 is 1.14 bits per heavy atom. The lowest BCUT2D eigenvalue weighted by atomic mass is 10.00. The van der Waals surface area contributed by atoms with Crippen LogP contribution in [0.15, 0.2) is 47.6 Å². The molecule has 11 heteroatoms. The van der Waals surface area contributed by atoms with E-state index in [0.717, 1.165) is 11.1 Å². The largest absolute Gasteiger partial charge is 0.395 e. The number of rotatable bonds is 5. The molecular weight excluding hydrogens is 511 g/mol. The fraction of sp³-hybridized carbons (Fsp3) is 0.333. The third kappa shape index (κ3) is 6.34. The summed E-state index contributed by atoms with van der Waals surface area (Å²) in [6, 6.07) is 12.4. The van der Waals surface area contributed by atoms with Gasteiger partial charge in [-0.15, -0.1) is 0 Å². The third-order valence-corrected chi connectivity index (χ3v) is 7.85. The van der Waals surface area contributed by atoms with Gasteiger partial charge in [0, 0.05) is 36.5 Å². The van der Waals surface area contributed by atoms with E-state index in [-0.39, 0.29) is 43.2 Å². The maximum Gasteiger partial charge on any atom is 0.281 e. The number of hydrogen-bond donors (Lipinski definition) is 2. The molecule has 2 aromatic carbocycles. The molecule has 0 saturated carbocycles. The predicted octanol–water partition coefficient (Wildman–Crippen LogP) is 2.80. The minimum atomic E-state index is -3.06. The second-order valence-corrected chi connectivity index (χ2v) is 11.3. The van der Waals surface area contributed by atoms with Gasteiger partial charge < -0.3 is 5.11 Å². The Morgan fingerprint density at radius 3 is 2.51 bits per heavy atom. The first kappa shape index (κ1) is 25.5. The molecule has 8 nitrogen and oxygen atoms in total. The number of benzene rings is 2. The topological polar surface area (TPSA) is 102 Å². The molecule has 0 bridgehead atoms. The molecular formula is C24H24Cl2N4O4S. The molecule has 0 unspecified atom stereocenters. The Balaban J connectivity index is 1.57. The van der Waals surface area contributed by atoms with Crippen LogP contribution in [-0.2, 0) is 14.6 Å². The van der Waals surface area contributed by atoms with Crippen LogP contribution in [0.25, 0.3) is 0 Å². The summed E-state index contributed by atoms with van der Waals surface area (Å²) in [5.74, 6) is 5.52. The summed E-state index contributed by atoms with van der Waals surface area (Å²) < 4.78 is 23.4. The van der Waals surface area contributed by atoms with Crippen LogP contribution < -0.4 is 10.4 Å². The number of nitrogens with one attached hydrogen (secondary N) is 1. The van der Waals surface area contributed by atoms with Crippen LogP contribution in [0.4, 0.5) is 5.69 Å². The number of carbonyl (C=O) groups is 1. The Morgan fingerprint density at radius 2 is 1.86 bits per heavy atom. The molecule has 4 rings (SSSR count). The lowest BCUT2D eigenvalue weighted by Gasteiger charge is -2.26. The van der Waals surface area contributed by atoms with Crippen molar-refractivity contribution in [2.75, 3.05) is 36.2 Å². The van der Waals surface area contributed by atoms with E-state index >= 15 is 0 Å². The maximum atomic E-state index is 13.0. The van der Waals surface area contributed by atoms with E-state index in [9.17, 15) is 13.2 Å². The number of sulfone groups is 1. The molecule has 1 fully saturated rings. The minimum Gasteiger partial charge on any atom is -0.395 e. The van der Waals surface area contributed by atoms with Crippen LogP contribution in [0.3, 0.4) is 0 Å². The van der Waals surface area contributed by atoms with Crippen LogP contribution in [0.1, 0.15) is 30.0 Å². The van der Waals surface area contributed by atoms with Crippen molar-refractivity contribution in [1.82, 2.24) is 10.4 Å². The van der Waals surface area contributed by atoms with E-state index in [1.807, 2.05) is 24.3 Å². The molecule has 2 aromatic rings. The van der Waals surface area contributed by atoms with Gasteiger partial charge in [0.2, 0.25) is 0 Å². The number of aliphatic hydroxyl groups excluding tert-OH is 1. The first-order valence-corrected chi connectivity index (χ1v) is 13.6. The van der Waals surface area contributed by atoms with Gasteiger partial charge in [-0.2, -0.15) is 5.10 Å². The standard InChI is InChI=1S/C24H24Cl2N4O4S/c25-19-8-9-22(20(26)15-19)30-23(18-6-4-17(5-7-18)3-1-2-12-31)16-21(27-30)24(32)28-29-10-13-35(33,34)14-11-29/h4-9,15,23,31H,2,10-14,16H2,(H,28,32)/t23-/m0/s1. The van der Waals surface area contributed by atoms with E-state index in [1.54, 1.807) is 28.2 Å². The van der Waals surface area contributed by atoms with Gasteiger partial charge in [0.1, 0.15) is 5.71 Å². The van der Waals surface area contributed by atoms with E-state index in [1.165, 1.54) is 0 Å². The molecule has 0 radical (unpaired) electrons. The summed E-state index contributed by atoms with van der Waals surface area (Å²) in [6.45, 7) is 0.478. The molecule has 2 aliphatic rings. The number of hydrazone groups is 1. The monoisotopic (exact) mass is 534 g/mol. The fourth-order valence-electron chi connectivity index (χ4n) is 3.84. The molecule has 0 spiro atoms. The van der Waals surface area contributed by atoms with Crippen molar-refractivity contribution in [2.45, 2.75) is 18.9 Å². The Bertz CT molecular complexity index is 1290. The molecule has 2 aliphatic heterocycles. The average Bonchev–Trinajstić information content (AvgIpc) is 3.26. The van der Waals surface area contributed by atoms with Crippen LogP contribution >= 0.6 is 23.2 Å². The van der Waals surface area contributed by atoms with Crippen molar-refractivity contribution >= 4 is 50.3 Å². The lowest BCUT2D eigenvalue weighted by molar-refractivity contribution is -0.119. The van der Waals surface area contributed by atoms with Crippen molar-refractivity contribution in [3.05, 3.63) is 63.6 Å². The zero-order chi connectivity index (χ0) is 25.0. The second kappa shape index (κ2) is 11.0. The van der Waals surface area contributed by atoms with Crippen molar-refractivity contribution in [2.24, 2.45) is 5.10 Å². The van der Waals surface area contributed by atoms with Crippen LogP contribution in [-0.4, -0.2) is 61.4 Å². The van der Waals surface area contributed by atoms with Gasteiger partial charge in [0.15, 0.2) is 9.84 Å². The van der Waals surface area contributed by atoms with E-state index in [0.29, 0.717) is 34.3 Å². The van der Waals surface area contributed by atoms with Gasteiger partial charge in [0.25, 0.3) is 5.91 Å². The number of amides is 1. The summed E-state index contributed by atoms with van der Waals surface area (Å²) in [5, 5.41) is 17.7. The molecule has 1 atom stereocenters. The number of hydrazine groups is 1. The highest BCUT2D eigenvalue weighted by Gasteiger charge is 2.34. The molecule has 35 heavy (non-hydrogen) atoms. The summed E-state index contributed by atoms with van der Waals surface area (Å²) in [4.78, 5) is 13.0. The van der Waals surface area contributed by atoms with Crippen LogP contribution in [0, 0.1) is 11.8 Å². The third-order valence-electron chi connectivity index (χ3n) is 5.70. The lowest BCUT2D eigenvalue weighted by Crippen LogP contribution is -2.51. The van der Waals surface area contributed by atoms with Gasteiger partial charge in [-0.1, -0.05) is 47.2 Å². The number of carbonyl (C=O) groups excluding carboxylic acids is 1. The zero-order valence-electron chi connectivity index (χ0n) is 18.7. The first-order valence-electron chi connectivity index (χ1n) is 11.0. The Labute approximate surface area is 214 Å². The normalized spacial score (nSPS) is 19.6. The SMILES string of the molecule is O=C(NN1CCS(=O)(=O)CC1)C1=NN(c2ccc(Cl)cc2Cl)[C@H](c2ccc(C#CCCO)cc2)C1. The van der Waals surface area contributed by atoms with E-state index < -0.39 is 9.84 Å². The number of nitrogens with zero attached hydrogens (tertiary/aromatic N) is 3. The van der Waals surface area contributed by atoms with E-state index in [2.05, 4.69) is 22.4 Å². The van der Waals surface area contributed by atoms with Gasteiger partial charge in [-0.25, -0.2) is 13.4 Å². The van der Waals surface area contributed by atoms with Crippen molar-refractivity contribution in [3.8, 4) is 11.8 Å². The first-order chi connectivity index (χ1) is 16.8. The maximum absolute atomic E-state index is 13.0. The molecule has 1 amide bonds. The van der Waals surface area contributed by atoms with Crippen LogP contribution in [0.5, 0.6) is 0 Å². The predicted molar refractivity (Wildman–Crippen MR) is 137 cm³/mol. The Hall–Kier alpha value is -2.61. The summed E-state index contributed by atoms with van der Waals surface area (Å²) in [7, 11) is -3.06. The van der Waals surface area contributed by atoms with Gasteiger partial charge in [-0.05, 0) is 35.9 Å². The van der Waals surface area contributed by atoms with Gasteiger partial charge >= 0.3 is 0 Å². The highest BCUT2D eigenvalue weighted by molar-refractivity contribution is 7.91. The quantitative estimate of drug-likeness (QED) is 0.572. The van der Waals surface area contributed by atoms with Crippen LogP contribution in [0.2, 0.25) is 10.0 Å². The minimum absolute atomic E-state index is 0.00242. The number of anilines is 1. The highest BCUT2D eigenvalue weighted by Crippen LogP contribution is 2.39. The summed E-state index contributed by atoms with van der Waals surface area (Å²) in [6.07, 6.45) is 0.731. The number of halogens is 2. The Kier molecular flexibility index (Phi) is 7.99. The average molecular weight is 535 g/mol. The van der Waals surface area contributed by atoms with Crippen molar-refractivity contribution < 1.29 is 18.3 Å². The molecule has 2 N–H and O–H groups in total. The van der Waals surface area contributed by atoms with Gasteiger partial charge in [-0.3, -0.25) is 15.2 Å². The van der Waals surface area contributed by atoms with Crippen molar-refractivity contribution in [1.29, 1.82) is 0 Å². The zero-order valence-corrected chi connectivity index (χ0v) is 21.1. The number of aliphatic hydroxyl groups is 1.